The van der Waals surface area contributed by atoms with Gasteiger partial charge in [0.15, 0.2) is 10.6 Å². The normalized spacial score (nSPS) is 13.1. The lowest BCUT2D eigenvalue weighted by Crippen LogP contribution is -2.06. The molecule has 0 aliphatic rings. The van der Waals surface area contributed by atoms with Crippen LogP contribution in [0.1, 0.15) is 63.7 Å². The molecule has 20 heavy (non-hydrogen) atoms. The summed E-state index contributed by atoms with van der Waals surface area (Å²) >= 11 is 7.12. The molecule has 0 bridgehead atoms. The van der Waals surface area contributed by atoms with Crippen molar-refractivity contribution in [3.8, 4) is 10.7 Å². The first-order chi connectivity index (χ1) is 9.49. The first-order valence-electron chi connectivity index (χ1n) is 7.16. The van der Waals surface area contributed by atoms with Gasteiger partial charge in [0, 0.05) is 6.04 Å². The first-order valence-corrected chi connectivity index (χ1v) is 8.38. The number of aryl methyl sites for hydroxylation is 1. The van der Waals surface area contributed by atoms with Crippen LogP contribution < -0.4 is 0 Å². The number of hydrogen-bond donors (Lipinski definition) is 1. The Morgan fingerprint density at radius 2 is 2.00 bits per heavy atom. The maximum atomic E-state index is 5.39. The van der Waals surface area contributed by atoms with Gasteiger partial charge in [0.1, 0.15) is 0 Å². The second-order valence-corrected chi connectivity index (χ2v) is 6.78. The molecule has 0 aliphatic heterocycles. The van der Waals surface area contributed by atoms with E-state index < -0.39 is 0 Å². The molecule has 0 saturated heterocycles. The Morgan fingerprint density at radius 3 is 2.55 bits per heavy atom. The summed E-state index contributed by atoms with van der Waals surface area (Å²) < 4.78 is 2.81. The second-order valence-electron chi connectivity index (χ2n) is 5.31. The van der Waals surface area contributed by atoms with Crippen molar-refractivity contribution in [1.82, 2.24) is 19.7 Å². The molecule has 4 nitrogen and oxygen atoms in total. The van der Waals surface area contributed by atoms with Gasteiger partial charge in [-0.25, -0.2) is 4.98 Å². The van der Waals surface area contributed by atoms with E-state index in [0.29, 0.717) is 16.7 Å². The predicted octanol–water partition coefficient (Wildman–Crippen LogP) is 4.72. The van der Waals surface area contributed by atoms with Gasteiger partial charge in [-0.2, -0.15) is 5.10 Å². The summed E-state index contributed by atoms with van der Waals surface area (Å²) in [5.74, 6) is 1.32. The number of nitrogens with zero attached hydrogens (tertiary/aromatic N) is 3. The fraction of sp³-hybridized carbons (Fsp3) is 0.643. The molecule has 1 unspecified atom stereocenters. The minimum atomic E-state index is 0.337. The van der Waals surface area contributed by atoms with Crippen molar-refractivity contribution in [1.29, 1.82) is 0 Å². The van der Waals surface area contributed by atoms with E-state index in [4.69, 9.17) is 17.2 Å². The molecule has 2 aromatic heterocycles. The van der Waals surface area contributed by atoms with Crippen molar-refractivity contribution < 1.29 is 0 Å². The first kappa shape index (κ1) is 15.4. The van der Waals surface area contributed by atoms with Crippen molar-refractivity contribution in [2.45, 2.75) is 59.4 Å². The molecule has 0 aliphatic carbocycles. The third-order valence-electron chi connectivity index (χ3n) is 3.49. The average molecular weight is 310 g/mol. The van der Waals surface area contributed by atoms with Gasteiger partial charge in [-0.3, -0.25) is 9.67 Å². The highest BCUT2D eigenvalue weighted by molar-refractivity contribution is 7.71. The van der Waals surface area contributed by atoms with E-state index in [1.807, 2.05) is 0 Å². The Kier molecular flexibility index (Phi) is 4.75. The van der Waals surface area contributed by atoms with Crippen LogP contribution in [-0.4, -0.2) is 19.7 Å². The highest BCUT2D eigenvalue weighted by Crippen LogP contribution is 2.35. The minimum Gasteiger partial charge on any atom is -0.297 e. The third kappa shape index (κ3) is 2.72. The lowest BCUT2D eigenvalue weighted by Gasteiger charge is -2.13. The Hall–Kier alpha value is -1.01. The Bertz CT molecular complexity index is 636. The minimum absolute atomic E-state index is 0.337. The topological polar surface area (TPSA) is 46.5 Å². The highest BCUT2D eigenvalue weighted by atomic mass is 32.1. The van der Waals surface area contributed by atoms with E-state index in [0.717, 1.165) is 34.2 Å². The van der Waals surface area contributed by atoms with Crippen LogP contribution in [0.25, 0.3) is 10.7 Å². The quantitative estimate of drug-likeness (QED) is 0.813. The highest BCUT2D eigenvalue weighted by Gasteiger charge is 2.21. The summed E-state index contributed by atoms with van der Waals surface area (Å²) in [5.41, 5.74) is 1.13. The number of hydrogen-bond acceptors (Lipinski definition) is 4. The van der Waals surface area contributed by atoms with E-state index in [2.05, 4.69) is 49.4 Å². The zero-order valence-electron chi connectivity index (χ0n) is 12.7. The summed E-state index contributed by atoms with van der Waals surface area (Å²) in [5, 5.41) is 8.56. The summed E-state index contributed by atoms with van der Waals surface area (Å²) in [6, 6.07) is 0.337. The van der Waals surface area contributed by atoms with Gasteiger partial charge in [0.05, 0.1) is 15.6 Å². The van der Waals surface area contributed by atoms with Crippen LogP contribution in [0.2, 0.25) is 0 Å². The predicted molar refractivity (Wildman–Crippen MR) is 87.0 cm³/mol. The Balaban J connectivity index is 2.62. The van der Waals surface area contributed by atoms with Crippen molar-refractivity contribution >= 4 is 23.6 Å². The SMILES string of the molecule is CCc1nc(C(C)C)c(-c2n[nH]c(=S)n2C(C)CC)s1. The summed E-state index contributed by atoms with van der Waals surface area (Å²) in [6.07, 6.45) is 1.98. The van der Waals surface area contributed by atoms with Crippen LogP contribution >= 0.6 is 23.6 Å². The fourth-order valence-corrected chi connectivity index (χ4v) is 3.59. The molecule has 6 heteroatoms. The molecule has 0 fully saturated rings. The van der Waals surface area contributed by atoms with Gasteiger partial charge in [-0.05, 0) is 37.9 Å². The average Bonchev–Trinajstić information content (AvgIpc) is 3.01. The lowest BCUT2D eigenvalue weighted by molar-refractivity contribution is 0.528. The van der Waals surface area contributed by atoms with Crippen LogP contribution in [0, 0.1) is 4.77 Å². The summed E-state index contributed by atoms with van der Waals surface area (Å²) in [4.78, 5) is 5.91. The van der Waals surface area contributed by atoms with E-state index in [1.165, 1.54) is 0 Å². The third-order valence-corrected chi connectivity index (χ3v) is 4.99. The molecular weight excluding hydrogens is 288 g/mol. The molecule has 1 atom stereocenters. The van der Waals surface area contributed by atoms with Crippen molar-refractivity contribution in [3.05, 3.63) is 15.5 Å². The van der Waals surface area contributed by atoms with E-state index in [-0.39, 0.29) is 0 Å². The smallest absolute Gasteiger partial charge is 0.195 e. The molecule has 1 N–H and O–H groups in total. The lowest BCUT2D eigenvalue weighted by atomic mass is 10.1. The number of H-pyrrole nitrogens is 1. The van der Waals surface area contributed by atoms with Crippen molar-refractivity contribution in [2.24, 2.45) is 0 Å². The molecule has 0 aromatic carbocycles. The zero-order chi connectivity index (χ0) is 14.9. The standard InChI is InChI=1S/C14H22N4S2/c1-6-9(5)18-13(16-17-14(18)19)12-11(8(3)4)15-10(7-2)20-12/h8-9H,6-7H2,1-5H3,(H,17,19). The van der Waals surface area contributed by atoms with Crippen LogP contribution in [0.3, 0.4) is 0 Å². The Labute approximate surface area is 129 Å². The summed E-state index contributed by atoms with van der Waals surface area (Å²) in [6.45, 7) is 10.8. The van der Waals surface area contributed by atoms with Crippen LogP contribution in [-0.2, 0) is 6.42 Å². The molecule has 2 heterocycles. The monoisotopic (exact) mass is 310 g/mol. The second kappa shape index (κ2) is 6.18. The molecule has 110 valence electrons. The van der Waals surface area contributed by atoms with Gasteiger partial charge < -0.3 is 0 Å². The summed E-state index contributed by atoms with van der Waals surface area (Å²) in [7, 11) is 0. The van der Waals surface area contributed by atoms with E-state index in [1.54, 1.807) is 11.3 Å². The van der Waals surface area contributed by atoms with Gasteiger partial charge >= 0.3 is 0 Å². The molecule has 0 amide bonds. The van der Waals surface area contributed by atoms with Crippen molar-refractivity contribution in [2.75, 3.05) is 0 Å². The van der Waals surface area contributed by atoms with Crippen molar-refractivity contribution in [3.63, 3.8) is 0 Å². The number of nitrogens with one attached hydrogen (secondary N) is 1. The molecule has 2 aromatic rings. The molecule has 0 spiro atoms. The van der Waals surface area contributed by atoms with Gasteiger partial charge in [0.2, 0.25) is 0 Å². The molecule has 0 radical (unpaired) electrons. The van der Waals surface area contributed by atoms with Crippen LogP contribution in [0.4, 0.5) is 0 Å². The number of thiazole rings is 1. The number of rotatable bonds is 5. The largest absolute Gasteiger partial charge is 0.297 e. The number of aromatic nitrogens is 4. The van der Waals surface area contributed by atoms with E-state index in [9.17, 15) is 0 Å². The maximum Gasteiger partial charge on any atom is 0.195 e. The zero-order valence-corrected chi connectivity index (χ0v) is 14.4. The number of aromatic amines is 1. The molecular formula is C14H22N4S2. The Morgan fingerprint density at radius 1 is 1.30 bits per heavy atom. The van der Waals surface area contributed by atoms with Crippen LogP contribution in [0.15, 0.2) is 0 Å². The molecule has 0 saturated carbocycles. The van der Waals surface area contributed by atoms with Crippen LogP contribution in [0.5, 0.6) is 0 Å². The van der Waals surface area contributed by atoms with Gasteiger partial charge in [-0.1, -0.05) is 27.7 Å². The van der Waals surface area contributed by atoms with Gasteiger partial charge in [0.25, 0.3) is 0 Å². The van der Waals surface area contributed by atoms with Gasteiger partial charge in [-0.15, -0.1) is 11.3 Å². The maximum absolute atomic E-state index is 5.39. The molecule has 2 rings (SSSR count). The fourth-order valence-electron chi connectivity index (χ4n) is 2.14. The van der Waals surface area contributed by atoms with E-state index >= 15 is 0 Å².